The summed E-state index contributed by atoms with van der Waals surface area (Å²) >= 11 is 6.73. The molecule has 3 aliphatic carbocycles. The Labute approximate surface area is 369 Å². The van der Waals surface area contributed by atoms with Crippen LogP contribution in [0.1, 0.15) is 104 Å². The minimum atomic E-state index is -3.53. The molecular weight excluding hydrogens is 914 g/mol. The summed E-state index contributed by atoms with van der Waals surface area (Å²) in [5, 5.41) is 20.5. The Morgan fingerprint density at radius 1 is 0.985 bits per heavy atom. The zero-order valence-electron chi connectivity index (χ0n) is 34.5. The average Bonchev–Trinajstić information content (AvgIpc) is 4.11. The molecule has 0 saturated heterocycles. The zero-order valence-corrected chi connectivity index (χ0v) is 36.1. The fourth-order valence-electron chi connectivity index (χ4n) is 8.84. The molecule has 13 nitrogen and oxygen atoms in total. The third kappa shape index (κ3) is 8.09. The Hall–Kier alpha value is -5.64. The van der Waals surface area contributed by atoms with Crippen molar-refractivity contribution < 1.29 is 52.8 Å². The number of fused-ring (bicyclic) bond motifs is 4. The molecule has 3 aliphatic rings. The summed E-state index contributed by atoms with van der Waals surface area (Å²) in [7, 11) is -1.98. The van der Waals surface area contributed by atoms with Gasteiger partial charge in [0, 0.05) is 41.4 Å². The Balaban J connectivity index is 1.16. The number of hydrogen-bond donors (Lipinski definition) is 2. The molecular formula is C42H38ClF8N9O4S. The van der Waals surface area contributed by atoms with Gasteiger partial charge in [-0.1, -0.05) is 28.8 Å². The summed E-state index contributed by atoms with van der Waals surface area (Å²) < 4.78 is 148. The molecule has 4 heterocycles. The number of amides is 1. The van der Waals surface area contributed by atoms with Crippen LogP contribution in [-0.2, 0) is 47.0 Å². The van der Waals surface area contributed by atoms with Gasteiger partial charge >= 0.3 is 12.4 Å². The number of aromatic nitrogens is 7. The number of benzene rings is 2. The quantitative estimate of drug-likeness (QED) is 0.0895. The van der Waals surface area contributed by atoms with Crippen molar-refractivity contribution in [1.29, 1.82) is 0 Å². The summed E-state index contributed by atoms with van der Waals surface area (Å²) in [4.78, 5) is 19.1. The molecule has 1 amide bonds. The van der Waals surface area contributed by atoms with E-state index in [1.807, 2.05) is 0 Å². The lowest BCUT2D eigenvalue weighted by molar-refractivity contribution is -0.123. The van der Waals surface area contributed by atoms with Crippen LogP contribution in [0.4, 0.5) is 47.0 Å². The second kappa shape index (κ2) is 16.1. The van der Waals surface area contributed by atoms with E-state index in [9.17, 15) is 39.6 Å². The first-order valence-electron chi connectivity index (χ1n) is 20.4. The topological polar surface area (TPSA) is 163 Å². The van der Waals surface area contributed by atoms with Crippen LogP contribution in [0.3, 0.4) is 0 Å². The number of anilines is 2. The summed E-state index contributed by atoms with van der Waals surface area (Å²) in [6.07, 6.45) is -5.27. The number of alkyl halides is 6. The van der Waals surface area contributed by atoms with E-state index in [1.165, 1.54) is 10.7 Å². The minimum absolute atomic E-state index is 0.00112. The van der Waals surface area contributed by atoms with Crippen LogP contribution >= 0.6 is 11.6 Å². The molecule has 4 aromatic heterocycles. The Kier molecular flexibility index (Phi) is 11.0. The first-order valence-corrected chi connectivity index (χ1v) is 22.4. The molecule has 0 bridgehead atoms. The van der Waals surface area contributed by atoms with E-state index in [1.54, 1.807) is 39.1 Å². The lowest BCUT2D eigenvalue weighted by atomic mass is 9.93. The van der Waals surface area contributed by atoms with Crippen molar-refractivity contribution in [2.24, 2.45) is 13.0 Å². The van der Waals surface area contributed by atoms with Gasteiger partial charge in [0.15, 0.2) is 15.7 Å². The Bertz CT molecular complexity index is 2970. The number of rotatable bonds is 16. The first-order chi connectivity index (χ1) is 30.6. The van der Waals surface area contributed by atoms with Gasteiger partial charge in [-0.2, -0.15) is 27.8 Å². The van der Waals surface area contributed by atoms with Gasteiger partial charge in [0.1, 0.15) is 29.6 Å². The first kappa shape index (κ1) is 44.6. The number of aryl methyl sites for hydroxylation is 2. The molecule has 0 radical (unpaired) electrons. The summed E-state index contributed by atoms with van der Waals surface area (Å²) in [6.45, 7) is 2.30. The monoisotopic (exact) mass is 951 g/mol. The van der Waals surface area contributed by atoms with E-state index in [0.29, 0.717) is 40.4 Å². The van der Waals surface area contributed by atoms with E-state index >= 15 is 8.78 Å². The zero-order chi connectivity index (χ0) is 46.5. The van der Waals surface area contributed by atoms with Gasteiger partial charge in [-0.3, -0.25) is 24.5 Å². The maximum atomic E-state index is 15.5. The second-order valence-corrected chi connectivity index (χ2v) is 20.4. The predicted molar refractivity (Wildman–Crippen MR) is 219 cm³/mol. The van der Waals surface area contributed by atoms with E-state index in [-0.39, 0.29) is 64.3 Å². The van der Waals surface area contributed by atoms with Gasteiger partial charge in [0.2, 0.25) is 5.91 Å². The number of nitrogens with zero attached hydrogens (tertiary/aromatic N) is 7. The highest BCUT2D eigenvalue weighted by Crippen LogP contribution is 2.68. The third-order valence-corrected chi connectivity index (χ3v) is 15.7. The number of nitrogens with one attached hydrogen (secondary N) is 2. The van der Waals surface area contributed by atoms with Gasteiger partial charge in [0.25, 0.3) is 18.2 Å². The molecule has 9 rings (SSSR count). The van der Waals surface area contributed by atoms with Crippen molar-refractivity contribution in [1.82, 2.24) is 40.1 Å². The highest BCUT2D eigenvalue weighted by Gasteiger charge is 2.67. The summed E-state index contributed by atoms with van der Waals surface area (Å²) in [6, 6.07) is 7.27. The van der Waals surface area contributed by atoms with Crippen molar-refractivity contribution in [3.05, 3.63) is 98.9 Å². The molecule has 2 N–H and O–H groups in total. The van der Waals surface area contributed by atoms with E-state index in [0.717, 1.165) is 12.1 Å². The van der Waals surface area contributed by atoms with E-state index in [2.05, 4.69) is 31.0 Å². The number of hydrogen-bond acceptors (Lipinski definition) is 10. The molecule has 65 heavy (non-hydrogen) atoms. The molecule has 2 saturated carbocycles. The van der Waals surface area contributed by atoms with Gasteiger partial charge in [0.05, 0.1) is 37.7 Å². The maximum Gasteiger partial charge on any atom is 0.321 e. The van der Waals surface area contributed by atoms with Gasteiger partial charge < -0.3 is 9.73 Å². The van der Waals surface area contributed by atoms with Crippen molar-refractivity contribution in [3.8, 4) is 11.1 Å². The molecule has 2 fully saturated rings. The number of carbonyl (C=O) groups excluding carboxylic acids is 1. The average molecular weight is 952 g/mol. The molecule has 0 aliphatic heterocycles. The molecule has 6 aromatic rings. The molecule has 23 heteroatoms. The van der Waals surface area contributed by atoms with Crippen molar-refractivity contribution in [2.45, 2.75) is 99.6 Å². The van der Waals surface area contributed by atoms with E-state index in [4.69, 9.17) is 21.0 Å². The van der Waals surface area contributed by atoms with Crippen LogP contribution < -0.4 is 10.6 Å². The molecule has 0 unspecified atom stereocenters. The third-order valence-electron chi connectivity index (χ3n) is 12.3. The highest BCUT2D eigenvalue weighted by atomic mass is 35.5. The largest absolute Gasteiger partial charge is 0.402 e. The summed E-state index contributed by atoms with van der Waals surface area (Å²) in [5.41, 5.74) is -0.490. The minimum Gasteiger partial charge on any atom is -0.402 e. The van der Waals surface area contributed by atoms with E-state index < -0.39 is 104 Å². The summed E-state index contributed by atoms with van der Waals surface area (Å²) in [5.74, 6) is -9.38. The fourth-order valence-corrected chi connectivity index (χ4v) is 11.1. The second-order valence-electron chi connectivity index (χ2n) is 17.2. The molecule has 344 valence electrons. The maximum absolute atomic E-state index is 15.5. The number of halogens is 9. The number of pyridine rings is 1. The molecule has 3 atom stereocenters. The van der Waals surface area contributed by atoms with Crippen LogP contribution in [0.5, 0.6) is 0 Å². The highest BCUT2D eigenvalue weighted by molar-refractivity contribution is 7.93. The van der Waals surface area contributed by atoms with Crippen molar-refractivity contribution >= 4 is 50.1 Å². The number of carbonyl (C=O) groups is 1. The number of sulfone groups is 1. The lowest BCUT2D eigenvalue weighted by Gasteiger charge is -2.26. The van der Waals surface area contributed by atoms with Crippen molar-refractivity contribution in [3.63, 3.8) is 0 Å². The standard InChI is InChI=1S/C42H38ClF8N9O4S/c1-41(2,65(62,63)22-5-6-22)11-10-21-4-7-23(24-8-9-27(43)31-34(24)59(3)58-38(31)54-40-56-55-39(64-40)37(48)49)32(52-21)28(14-18-12-19(44)15-20(45)13-18)53-29(61)17-60-35-30(33(57-60)36(46)47)25-16-26(25)42(35,50)51/h4,7-9,12-13,15,22,25-26,28,36-37H,5-6,10-11,14,16-17H2,1-3H3,(H,53,61)(H,54,56,58)/t25-,26+,28-/m0/s1. The van der Waals surface area contributed by atoms with Gasteiger partial charge in [-0.25, -0.2) is 26.0 Å². The normalized spacial score (nSPS) is 18.4. The molecule has 0 spiro atoms. The Morgan fingerprint density at radius 3 is 2.35 bits per heavy atom. The van der Waals surface area contributed by atoms with Crippen LogP contribution in [0.15, 0.2) is 46.9 Å². The van der Waals surface area contributed by atoms with Gasteiger partial charge in [-0.15, -0.1) is 5.10 Å². The van der Waals surface area contributed by atoms with Crippen molar-refractivity contribution in [2.75, 3.05) is 5.32 Å². The smallest absolute Gasteiger partial charge is 0.321 e. The van der Waals surface area contributed by atoms with Crippen LogP contribution in [0.25, 0.3) is 22.0 Å². The Morgan fingerprint density at radius 2 is 1.69 bits per heavy atom. The molecule has 2 aromatic carbocycles. The van der Waals surface area contributed by atoms with Gasteiger partial charge in [-0.05, 0) is 88.1 Å². The predicted octanol–water partition coefficient (Wildman–Crippen LogP) is 9.36. The van der Waals surface area contributed by atoms with Crippen LogP contribution in [-0.4, -0.2) is 59.1 Å². The van der Waals surface area contributed by atoms with Crippen LogP contribution in [0.2, 0.25) is 5.02 Å². The lowest BCUT2D eigenvalue weighted by Crippen LogP contribution is -2.36. The van der Waals surface area contributed by atoms with Crippen LogP contribution in [0, 0.1) is 17.6 Å². The fraction of sp³-hybridized carbons (Fsp3) is 0.429. The SMILES string of the molecule is Cn1nc(Nc2nnc(C(F)F)o2)c2c(Cl)ccc(-c3ccc(CCC(C)(C)S(=O)(=O)C4CC4)nc3[C@H](Cc3cc(F)cc(F)c3)NC(=O)Cn3nc(C(F)F)c4c3C(F)(F)[C@@H]3C[C@H]43)c21.